The zero-order valence-corrected chi connectivity index (χ0v) is 9.13. The number of nitrogens with two attached hydrogens (primary N) is 1. The van der Waals surface area contributed by atoms with Crippen molar-refractivity contribution >= 4 is 0 Å². The van der Waals surface area contributed by atoms with Crippen LogP contribution in [0.2, 0.25) is 0 Å². The molecule has 0 aliphatic rings. The van der Waals surface area contributed by atoms with Crippen LogP contribution in [0, 0.1) is 17.6 Å². The fourth-order valence-corrected chi connectivity index (χ4v) is 1.83. The van der Waals surface area contributed by atoms with E-state index in [0.717, 1.165) is 12.5 Å². The van der Waals surface area contributed by atoms with Crippen LogP contribution in [-0.4, -0.2) is 6.54 Å². The van der Waals surface area contributed by atoms with Crippen LogP contribution in [0.3, 0.4) is 0 Å². The van der Waals surface area contributed by atoms with E-state index in [2.05, 4.69) is 0 Å². The predicted molar refractivity (Wildman–Crippen MR) is 57.6 cm³/mol. The van der Waals surface area contributed by atoms with E-state index in [1.54, 1.807) is 0 Å². The number of benzene rings is 1. The molecular weight excluding hydrogens is 196 g/mol. The van der Waals surface area contributed by atoms with E-state index < -0.39 is 11.6 Å². The molecule has 0 spiro atoms. The van der Waals surface area contributed by atoms with Gasteiger partial charge in [0, 0.05) is 6.07 Å². The van der Waals surface area contributed by atoms with Gasteiger partial charge in [-0.15, -0.1) is 0 Å². The topological polar surface area (TPSA) is 26.0 Å². The maximum atomic E-state index is 13.5. The highest BCUT2D eigenvalue weighted by Crippen LogP contribution is 2.29. The second kappa shape index (κ2) is 5.21. The molecule has 0 aliphatic heterocycles. The van der Waals surface area contributed by atoms with Crippen molar-refractivity contribution in [1.82, 2.24) is 0 Å². The Kier molecular flexibility index (Phi) is 4.21. The molecule has 1 rings (SSSR count). The molecule has 3 heteroatoms. The standard InChI is InChI=1S/C12H17F2N/c1-8(2)10(5-6-15)11-4-3-9(13)7-12(11)14/h3-4,7-8,10H,5-6,15H2,1-2H3. The molecule has 1 aromatic rings. The molecule has 0 radical (unpaired) electrons. The molecule has 1 unspecified atom stereocenters. The van der Waals surface area contributed by atoms with Gasteiger partial charge in [-0.3, -0.25) is 0 Å². The van der Waals surface area contributed by atoms with Crippen LogP contribution in [0.15, 0.2) is 18.2 Å². The first-order chi connectivity index (χ1) is 7.06. The summed E-state index contributed by atoms with van der Waals surface area (Å²) >= 11 is 0. The number of rotatable bonds is 4. The average Bonchev–Trinajstić information content (AvgIpc) is 2.15. The largest absolute Gasteiger partial charge is 0.330 e. The van der Waals surface area contributed by atoms with Crippen molar-refractivity contribution in [2.45, 2.75) is 26.2 Å². The van der Waals surface area contributed by atoms with Crippen LogP contribution < -0.4 is 5.73 Å². The zero-order chi connectivity index (χ0) is 11.4. The molecule has 15 heavy (non-hydrogen) atoms. The minimum Gasteiger partial charge on any atom is -0.330 e. The van der Waals surface area contributed by atoms with Gasteiger partial charge in [-0.1, -0.05) is 19.9 Å². The van der Waals surface area contributed by atoms with Gasteiger partial charge in [0.25, 0.3) is 0 Å². The molecule has 0 amide bonds. The van der Waals surface area contributed by atoms with Gasteiger partial charge in [-0.25, -0.2) is 8.78 Å². The molecule has 1 nitrogen and oxygen atoms in total. The van der Waals surface area contributed by atoms with Crippen LogP contribution in [0.4, 0.5) is 8.78 Å². The lowest BCUT2D eigenvalue weighted by Gasteiger charge is -2.21. The summed E-state index contributed by atoms with van der Waals surface area (Å²) in [5.41, 5.74) is 6.05. The molecule has 2 N–H and O–H groups in total. The van der Waals surface area contributed by atoms with Crippen molar-refractivity contribution in [3.8, 4) is 0 Å². The van der Waals surface area contributed by atoms with Gasteiger partial charge >= 0.3 is 0 Å². The Bertz CT molecular complexity index is 323. The number of hydrogen-bond acceptors (Lipinski definition) is 1. The van der Waals surface area contributed by atoms with Crippen molar-refractivity contribution in [1.29, 1.82) is 0 Å². The third kappa shape index (κ3) is 2.99. The fourth-order valence-electron chi connectivity index (χ4n) is 1.83. The summed E-state index contributed by atoms with van der Waals surface area (Å²) in [7, 11) is 0. The SMILES string of the molecule is CC(C)C(CCN)c1ccc(F)cc1F. The summed E-state index contributed by atoms with van der Waals surface area (Å²) in [6, 6.07) is 3.75. The first kappa shape index (κ1) is 12.1. The highest BCUT2D eigenvalue weighted by atomic mass is 19.1. The van der Waals surface area contributed by atoms with Gasteiger partial charge in [0.2, 0.25) is 0 Å². The zero-order valence-electron chi connectivity index (χ0n) is 9.13. The summed E-state index contributed by atoms with van der Waals surface area (Å²) < 4.78 is 26.2. The average molecular weight is 213 g/mol. The van der Waals surface area contributed by atoms with Crippen LogP contribution in [0.1, 0.15) is 31.7 Å². The Labute approximate surface area is 89.3 Å². The molecule has 0 saturated heterocycles. The van der Waals surface area contributed by atoms with E-state index in [9.17, 15) is 8.78 Å². The maximum absolute atomic E-state index is 13.5. The van der Waals surface area contributed by atoms with Gasteiger partial charge in [-0.05, 0) is 36.4 Å². The molecule has 0 aliphatic carbocycles. The minimum atomic E-state index is -0.536. The van der Waals surface area contributed by atoms with Crippen LogP contribution >= 0.6 is 0 Å². The highest BCUT2D eigenvalue weighted by Gasteiger charge is 2.18. The first-order valence-electron chi connectivity index (χ1n) is 5.21. The van der Waals surface area contributed by atoms with Crippen LogP contribution in [0.5, 0.6) is 0 Å². The van der Waals surface area contributed by atoms with Gasteiger partial charge in [0.15, 0.2) is 0 Å². The van der Waals surface area contributed by atoms with Gasteiger partial charge in [0.05, 0.1) is 0 Å². The van der Waals surface area contributed by atoms with Crippen molar-refractivity contribution in [2.75, 3.05) is 6.54 Å². The van der Waals surface area contributed by atoms with E-state index in [0.29, 0.717) is 18.0 Å². The quantitative estimate of drug-likeness (QED) is 0.817. The first-order valence-corrected chi connectivity index (χ1v) is 5.21. The number of halogens is 2. The second-order valence-corrected chi connectivity index (χ2v) is 4.09. The smallest absolute Gasteiger partial charge is 0.129 e. The van der Waals surface area contributed by atoms with Crippen LogP contribution in [0.25, 0.3) is 0 Å². The summed E-state index contributed by atoms with van der Waals surface area (Å²) in [5.74, 6) is -0.641. The fraction of sp³-hybridized carbons (Fsp3) is 0.500. The molecule has 84 valence electrons. The van der Waals surface area contributed by atoms with E-state index in [1.807, 2.05) is 13.8 Å². The van der Waals surface area contributed by atoms with E-state index >= 15 is 0 Å². The third-order valence-corrected chi connectivity index (χ3v) is 2.64. The Morgan fingerprint density at radius 3 is 2.40 bits per heavy atom. The summed E-state index contributed by atoms with van der Waals surface area (Å²) in [5, 5.41) is 0. The van der Waals surface area contributed by atoms with E-state index in [1.165, 1.54) is 12.1 Å². The lowest BCUT2D eigenvalue weighted by Crippen LogP contribution is -2.14. The Morgan fingerprint density at radius 1 is 1.27 bits per heavy atom. The Hall–Kier alpha value is -0.960. The van der Waals surface area contributed by atoms with Crippen molar-refractivity contribution < 1.29 is 8.78 Å². The highest BCUT2D eigenvalue weighted by molar-refractivity contribution is 5.23. The van der Waals surface area contributed by atoms with Gasteiger partial charge in [0.1, 0.15) is 11.6 Å². The second-order valence-electron chi connectivity index (χ2n) is 4.09. The lowest BCUT2D eigenvalue weighted by atomic mass is 9.85. The normalized spacial score (nSPS) is 13.2. The monoisotopic (exact) mass is 213 g/mol. The molecule has 0 fully saturated rings. The van der Waals surface area contributed by atoms with Crippen molar-refractivity contribution in [3.63, 3.8) is 0 Å². The van der Waals surface area contributed by atoms with E-state index in [-0.39, 0.29) is 5.92 Å². The summed E-state index contributed by atoms with van der Waals surface area (Å²) in [6.07, 6.45) is 0.722. The predicted octanol–water partition coefficient (Wildman–Crippen LogP) is 3.05. The molecule has 0 heterocycles. The maximum Gasteiger partial charge on any atom is 0.129 e. The van der Waals surface area contributed by atoms with Crippen molar-refractivity contribution in [3.05, 3.63) is 35.4 Å². The molecule has 0 bridgehead atoms. The molecule has 1 atom stereocenters. The number of hydrogen-bond donors (Lipinski definition) is 1. The third-order valence-electron chi connectivity index (χ3n) is 2.64. The molecule has 0 saturated carbocycles. The Balaban J connectivity index is 3.00. The lowest BCUT2D eigenvalue weighted by molar-refractivity contribution is 0.448. The molecule has 1 aromatic carbocycles. The summed E-state index contributed by atoms with van der Waals surface area (Å²) in [4.78, 5) is 0. The van der Waals surface area contributed by atoms with E-state index in [4.69, 9.17) is 5.73 Å². The molecular formula is C12H17F2N. The van der Waals surface area contributed by atoms with Crippen LogP contribution in [-0.2, 0) is 0 Å². The minimum absolute atomic E-state index is 0.0654. The molecule has 0 aromatic heterocycles. The summed E-state index contributed by atoms with van der Waals surface area (Å²) in [6.45, 7) is 4.55. The van der Waals surface area contributed by atoms with Crippen molar-refractivity contribution in [2.24, 2.45) is 11.7 Å². The van der Waals surface area contributed by atoms with Gasteiger partial charge in [-0.2, -0.15) is 0 Å². The van der Waals surface area contributed by atoms with Gasteiger partial charge < -0.3 is 5.73 Å². The Morgan fingerprint density at radius 2 is 1.93 bits per heavy atom.